The second kappa shape index (κ2) is 11.2. The number of amides is 2. The molecule has 0 bridgehead atoms. The molecular formula is C22H30N4O5S2. The summed E-state index contributed by atoms with van der Waals surface area (Å²) >= 11 is 1.20. The molecule has 1 saturated heterocycles. The van der Waals surface area contributed by atoms with Gasteiger partial charge in [0.15, 0.2) is 5.82 Å². The molecule has 1 aromatic heterocycles. The predicted octanol–water partition coefficient (Wildman–Crippen LogP) is 2.70. The van der Waals surface area contributed by atoms with Crippen molar-refractivity contribution in [2.45, 2.75) is 38.0 Å². The van der Waals surface area contributed by atoms with E-state index in [0.717, 1.165) is 12.0 Å². The molecule has 0 radical (unpaired) electrons. The van der Waals surface area contributed by atoms with E-state index in [-0.39, 0.29) is 41.3 Å². The van der Waals surface area contributed by atoms with Crippen LogP contribution in [0.4, 0.5) is 5.82 Å². The van der Waals surface area contributed by atoms with Crippen LogP contribution in [0.3, 0.4) is 0 Å². The average Bonchev–Trinajstić information content (AvgIpc) is 3.22. The molecule has 1 aromatic carbocycles. The molecule has 1 atom stereocenters. The number of piperazine rings is 1. The molecule has 11 heteroatoms. The Morgan fingerprint density at radius 2 is 1.82 bits per heavy atom. The van der Waals surface area contributed by atoms with Crippen LogP contribution in [0.25, 0.3) is 0 Å². The highest BCUT2D eigenvalue weighted by Gasteiger charge is 2.30. The summed E-state index contributed by atoms with van der Waals surface area (Å²) in [5, 5.41) is 6.30. The molecule has 2 amide bonds. The van der Waals surface area contributed by atoms with Crippen molar-refractivity contribution in [3.05, 3.63) is 41.7 Å². The first-order chi connectivity index (χ1) is 15.7. The van der Waals surface area contributed by atoms with Gasteiger partial charge in [-0.1, -0.05) is 31.1 Å². The number of sulfonamides is 1. The number of benzene rings is 1. The smallest absolute Gasteiger partial charge is 0.243 e. The van der Waals surface area contributed by atoms with E-state index in [2.05, 4.69) is 24.3 Å². The Balaban J connectivity index is 1.44. The average molecular weight is 495 g/mol. The van der Waals surface area contributed by atoms with Crippen molar-refractivity contribution in [1.29, 1.82) is 0 Å². The lowest BCUT2D eigenvalue weighted by atomic mass is 9.99. The Bertz CT molecular complexity index is 1060. The van der Waals surface area contributed by atoms with Gasteiger partial charge >= 0.3 is 0 Å². The molecule has 2 heterocycles. The van der Waals surface area contributed by atoms with E-state index in [4.69, 9.17) is 4.52 Å². The van der Waals surface area contributed by atoms with Gasteiger partial charge < -0.3 is 14.7 Å². The van der Waals surface area contributed by atoms with Crippen LogP contribution >= 0.6 is 11.8 Å². The van der Waals surface area contributed by atoms with Crippen molar-refractivity contribution in [2.24, 2.45) is 0 Å². The first-order valence-electron chi connectivity index (χ1n) is 10.9. The van der Waals surface area contributed by atoms with E-state index >= 15 is 0 Å². The van der Waals surface area contributed by atoms with E-state index in [1.165, 1.54) is 16.1 Å². The molecule has 33 heavy (non-hydrogen) atoms. The molecule has 0 aliphatic carbocycles. The minimum Gasteiger partial charge on any atom is -0.360 e. The molecule has 180 valence electrons. The number of rotatable bonds is 9. The zero-order valence-electron chi connectivity index (χ0n) is 19.1. The maximum atomic E-state index is 13.0. The van der Waals surface area contributed by atoms with Crippen LogP contribution in [0.15, 0.2) is 39.8 Å². The maximum Gasteiger partial charge on any atom is 0.243 e. The van der Waals surface area contributed by atoms with Crippen molar-refractivity contribution in [3.63, 3.8) is 0 Å². The summed E-state index contributed by atoms with van der Waals surface area (Å²) < 4.78 is 32.3. The third-order valence-corrected chi connectivity index (χ3v) is 8.48. The highest BCUT2D eigenvalue weighted by molar-refractivity contribution is 8.00. The van der Waals surface area contributed by atoms with Crippen LogP contribution in [0.5, 0.6) is 0 Å². The lowest BCUT2D eigenvalue weighted by Crippen LogP contribution is -2.51. The van der Waals surface area contributed by atoms with Gasteiger partial charge in [0.1, 0.15) is 5.76 Å². The molecule has 1 fully saturated rings. The summed E-state index contributed by atoms with van der Waals surface area (Å²) in [6.45, 7) is 7.09. The molecule has 9 nitrogen and oxygen atoms in total. The number of thioether (sulfide) groups is 1. The number of nitrogens with one attached hydrogen (secondary N) is 1. The third kappa shape index (κ3) is 6.58. The van der Waals surface area contributed by atoms with Gasteiger partial charge in [-0.25, -0.2) is 8.42 Å². The Morgan fingerprint density at radius 3 is 2.39 bits per heavy atom. The van der Waals surface area contributed by atoms with Gasteiger partial charge in [-0.2, -0.15) is 4.31 Å². The molecule has 0 saturated carbocycles. The van der Waals surface area contributed by atoms with Gasteiger partial charge in [0.25, 0.3) is 0 Å². The van der Waals surface area contributed by atoms with E-state index in [1.807, 2.05) is 12.1 Å². The van der Waals surface area contributed by atoms with Crippen LogP contribution in [0.1, 0.15) is 37.5 Å². The molecule has 1 aliphatic heterocycles. The molecule has 1 unspecified atom stereocenters. The monoisotopic (exact) mass is 494 g/mol. The standard InChI is InChI=1S/C22H30N4O5S2/c1-4-16(2)18-5-7-19(8-6-18)33(29,30)26-11-9-25(10-12-26)22(28)15-32-14-21(27)23-20-13-17(3)31-24-20/h5-8,13,16H,4,9-12,14-15H2,1-3H3,(H,23,24,27). The minimum atomic E-state index is -3.59. The van der Waals surface area contributed by atoms with Crippen molar-refractivity contribution >= 4 is 39.4 Å². The van der Waals surface area contributed by atoms with Gasteiger partial charge in [0, 0.05) is 32.2 Å². The highest BCUT2D eigenvalue weighted by Crippen LogP contribution is 2.23. The summed E-state index contributed by atoms with van der Waals surface area (Å²) in [7, 11) is -3.59. The third-order valence-electron chi connectivity index (χ3n) is 5.64. The SMILES string of the molecule is CCC(C)c1ccc(S(=O)(=O)N2CCN(C(=O)CSCC(=O)Nc3cc(C)on3)CC2)cc1. The maximum absolute atomic E-state index is 13.0. The Morgan fingerprint density at radius 1 is 1.15 bits per heavy atom. The number of carbonyl (C=O) groups excluding carboxylic acids is 2. The summed E-state index contributed by atoms with van der Waals surface area (Å²) in [5.74, 6) is 1.20. The second-order valence-electron chi connectivity index (χ2n) is 8.03. The van der Waals surface area contributed by atoms with Crippen molar-refractivity contribution in [3.8, 4) is 0 Å². The summed E-state index contributed by atoms with van der Waals surface area (Å²) in [6, 6.07) is 8.68. The van der Waals surface area contributed by atoms with Gasteiger partial charge in [0.05, 0.1) is 16.4 Å². The number of hydrogen-bond donors (Lipinski definition) is 1. The number of carbonyl (C=O) groups is 2. The largest absolute Gasteiger partial charge is 0.360 e. The van der Waals surface area contributed by atoms with E-state index < -0.39 is 10.0 Å². The Labute approximate surface area is 198 Å². The topological polar surface area (TPSA) is 113 Å². The number of nitrogens with zero attached hydrogens (tertiary/aromatic N) is 3. The van der Waals surface area contributed by atoms with Crippen molar-refractivity contribution < 1.29 is 22.5 Å². The zero-order chi connectivity index (χ0) is 24.0. The number of anilines is 1. The fourth-order valence-corrected chi connectivity index (χ4v) is 5.60. The first-order valence-corrected chi connectivity index (χ1v) is 13.5. The Kier molecular flexibility index (Phi) is 8.55. The number of aryl methyl sites for hydroxylation is 1. The second-order valence-corrected chi connectivity index (χ2v) is 11.0. The zero-order valence-corrected chi connectivity index (χ0v) is 20.7. The fraction of sp³-hybridized carbons (Fsp3) is 0.500. The minimum absolute atomic E-state index is 0.110. The number of aromatic nitrogens is 1. The lowest BCUT2D eigenvalue weighted by molar-refractivity contribution is -0.129. The van der Waals surface area contributed by atoms with Crippen molar-refractivity contribution in [1.82, 2.24) is 14.4 Å². The van der Waals surface area contributed by atoms with E-state index in [1.54, 1.807) is 30.0 Å². The summed E-state index contributed by atoms with van der Waals surface area (Å²) in [5.41, 5.74) is 1.12. The molecular weight excluding hydrogens is 464 g/mol. The van der Waals surface area contributed by atoms with Gasteiger partial charge in [-0.3, -0.25) is 9.59 Å². The Hall–Kier alpha value is -2.37. The van der Waals surface area contributed by atoms with Crippen LogP contribution in [0.2, 0.25) is 0 Å². The normalized spacial score (nSPS) is 15.9. The van der Waals surface area contributed by atoms with E-state index in [9.17, 15) is 18.0 Å². The van der Waals surface area contributed by atoms with Crippen LogP contribution in [-0.4, -0.2) is 72.3 Å². The summed E-state index contributed by atoms with van der Waals surface area (Å²) in [6.07, 6.45) is 0.992. The highest BCUT2D eigenvalue weighted by atomic mass is 32.2. The molecule has 2 aromatic rings. The van der Waals surface area contributed by atoms with E-state index in [0.29, 0.717) is 30.6 Å². The van der Waals surface area contributed by atoms with Gasteiger partial charge in [0.2, 0.25) is 21.8 Å². The van der Waals surface area contributed by atoms with Crippen LogP contribution in [-0.2, 0) is 19.6 Å². The quantitative estimate of drug-likeness (QED) is 0.570. The predicted molar refractivity (Wildman–Crippen MR) is 128 cm³/mol. The van der Waals surface area contributed by atoms with Crippen LogP contribution < -0.4 is 5.32 Å². The summed E-state index contributed by atoms with van der Waals surface area (Å²) in [4.78, 5) is 26.3. The molecule has 1 aliphatic rings. The van der Waals surface area contributed by atoms with Crippen LogP contribution in [0, 0.1) is 6.92 Å². The number of hydrogen-bond acceptors (Lipinski definition) is 7. The molecule has 1 N–H and O–H groups in total. The van der Waals surface area contributed by atoms with Gasteiger partial charge in [-0.05, 0) is 37.0 Å². The van der Waals surface area contributed by atoms with Crippen molar-refractivity contribution in [2.75, 3.05) is 43.0 Å². The molecule has 0 spiro atoms. The fourth-order valence-electron chi connectivity index (χ4n) is 3.46. The van der Waals surface area contributed by atoms with Gasteiger partial charge in [-0.15, -0.1) is 11.8 Å². The lowest BCUT2D eigenvalue weighted by Gasteiger charge is -2.34. The molecule has 3 rings (SSSR count). The first kappa shape index (κ1) is 25.3.